The molecule has 10 heavy (non-hydrogen) atoms. The van der Waals surface area contributed by atoms with Crippen molar-refractivity contribution in [1.82, 2.24) is 0 Å². The molecule has 1 saturated heterocycles. The predicted molar refractivity (Wildman–Crippen MR) is 46.1 cm³/mol. The fourth-order valence-corrected chi connectivity index (χ4v) is 3.94. The maximum Gasteiger partial charge on any atom is 0.0125 e. The molecule has 0 bridgehead atoms. The Morgan fingerprint density at radius 1 is 1.60 bits per heavy atom. The maximum atomic E-state index is 5.84. The monoisotopic (exact) mass is 157 g/mol. The van der Waals surface area contributed by atoms with Gasteiger partial charge in [0.15, 0.2) is 0 Å². The van der Waals surface area contributed by atoms with Gasteiger partial charge in [-0.15, -0.1) is 0 Å². The molecule has 2 fully saturated rings. The third-order valence-corrected chi connectivity index (χ3v) is 4.33. The molecule has 0 spiro atoms. The Hall–Kier alpha value is 0.310. The van der Waals surface area contributed by atoms with E-state index in [2.05, 4.69) is 18.7 Å². The predicted octanol–water partition coefficient (Wildman–Crippen LogP) is 1.48. The van der Waals surface area contributed by atoms with Crippen molar-refractivity contribution in [1.29, 1.82) is 0 Å². The van der Waals surface area contributed by atoms with Gasteiger partial charge >= 0.3 is 0 Å². The molecule has 58 valence electrons. The van der Waals surface area contributed by atoms with Gasteiger partial charge in [0.2, 0.25) is 0 Å². The Balaban J connectivity index is 1.93. The van der Waals surface area contributed by atoms with E-state index in [1.807, 2.05) is 0 Å². The van der Waals surface area contributed by atoms with Crippen LogP contribution in [0.1, 0.15) is 19.8 Å². The highest BCUT2D eigenvalue weighted by Gasteiger charge is 2.52. The van der Waals surface area contributed by atoms with E-state index in [0.29, 0.717) is 6.04 Å². The molecule has 2 heteroatoms. The Labute approximate surface area is 66.7 Å². The highest BCUT2D eigenvalue weighted by atomic mass is 32.2. The number of rotatable bonds is 1. The molecular formula is C8H15NS. The van der Waals surface area contributed by atoms with Gasteiger partial charge in [0.05, 0.1) is 0 Å². The Morgan fingerprint density at radius 3 is 2.90 bits per heavy atom. The van der Waals surface area contributed by atoms with Gasteiger partial charge in [-0.25, -0.2) is 0 Å². The van der Waals surface area contributed by atoms with Crippen LogP contribution < -0.4 is 5.73 Å². The van der Waals surface area contributed by atoms with Crippen molar-refractivity contribution in [3.8, 4) is 0 Å². The van der Waals surface area contributed by atoms with Gasteiger partial charge in [0.1, 0.15) is 0 Å². The summed E-state index contributed by atoms with van der Waals surface area (Å²) in [6, 6.07) is 0.445. The zero-order valence-corrected chi connectivity index (χ0v) is 7.23. The minimum atomic E-state index is 0.445. The average molecular weight is 157 g/mol. The van der Waals surface area contributed by atoms with Crippen LogP contribution in [0.2, 0.25) is 0 Å². The molecule has 4 atom stereocenters. The summed E-state index contributed by atoms with van der Waals surface area (Å²) in [4.78, 5) is 0. The van der Waals surface area contributed by atoms with Gasteiger partial charge in [-0.2, -0.15) is 11.8 Å². The maximum absolute atomic E-state index is 5.84. The minimum Gasteiger partial charge on any atom is -0.328 e. The van der Waals surface area contributed by atoms with Gasteiger partial charge in [-0.1, -0.05) is 0 Å². The second-order valence-corrected chi connectivity index (χ2v) is 4.86. The third-order valence-electron chi connectivity index (χ3n) is 2.75. The second-order valence-electron chi connectivity index (χ2n) is 3.58. The first-order chi connectivity index (χ1) is 4.80. The Kier molecular flexibility index (Phi) is 1.69. The lowest BCUT2D eigenvalue weighted by molar-refractivity contribution is 0.563. The van der Waals surface area contributed by atoms with Gasteiger partial charge in [0, 0.05) is 11.3 Å². The molecule has 1 aliphatic heterocycles. The Morgan fingerprint density at radius 2 is 2.40 bits per heavy atom. The van der Waals surface area contributed by atoms with Crippen LogP contribution in [0.3, 0.4) is 0 Å². The van der Waals surface area contributed by atoms with Crippen LogP contribution in [0.25, 0.3) is 0 Å². The van der Waals surface area contributed by atoms with Crippen molar-refractivity contribution in [3.63, 3.8) is 0 Å². The molecule has 2 rings (SSSR count). The van der Waals surface area contributed by atoms with Crippen molar-refractivity contribution in [2.24, 2.45) is 17.6 Å². The zero-order chi connectivity index (χ0) is 7.14. The standard InChI is InChI=1S/C8H15NS/c1-5(9)7-6-3-2-4-10-8(6)7/h5-8H,2-4,9H2,1H3. The average Bonchev–Trinajstić information content (AvgIpc) is 2.60. The first-order valence-corrected chi connectivity index (χ1v) is 5.23. The lowest BCUT2D eigenvalue weighted by atomic mass is 10.1. The first kappa shape index (κ1) is 6.99. The molecule has 2 N–H and O–H groups in total. The quantitative estimate of drug-likeness (QED) is 0.624. The number of fused-ring (bicyclic) bond motifs is 1. The van der Waals surface area contributed by atoms with Crippen molar-refractivity contribution in [2.75, 3.05) is 5.75 Å². The van der Waals surface area contributed by atoms with Crippen LogP contribution in [0, 0.1) is 11.8 Å². The third kappa shape index (κ3) is 0.978. The van der Waals surface area contributed by atoms with Crippen LogP contribution in [-0.2, 0) is 0 Å². The van der Waals surface area contributed by atoms with E-state index in [1.165, 1.54) is 18.6 Å². The van der Waals surface area contributed by atoms with Crippen LogP contribution in [0.4, 0.5) is 0 Å². The Bertz CT molecular complexity index is 123. The summed E-state index contributed by atoms with van der Waals surface area (Å²) in [6.45, 7) is 2.16. The van der Waals surface area contributed by atoms with Crippen LogP contribution in [-0.4, -0.2) is 17.0 Å². The summed E-state index contributed by atoms with van der Waals surface area (Å²) in [5.41, 5.74) is 5.84. The largest absolute Gasteiger partial charge is 0.328 e. The lowest BCUT2D eigenvalue weighted by Gasteiger charge is -2.04. The molecule has 1 heterocycles. The van der Waals surface area contributed by atoms with Crippen LogP contribution in [0.15, 0.2) is 0 Å². The zero-order valence-electron chi connectivity index (χ0n) is 6.42. The molecule has 1 aliphatic carbocycles. The van der Waals surface area contributed by atoms with E-state index >= 15 is 0 Å². The van der Waals surface area contributed by atoms with E-state index in [9.17, 15) is 0 Å². The van der Waals surface area contributed by atoms with Crippen LogP contribution >= 0.6 is 11.8 Å². The fourth-order valence-electron chi connectivity index (χ4n) is 2.19. The molecular weight excluding hydrogens is 142 g/mol. The molecule has 1 saturated carbocycles. The van der Waals surface area contributed by atoms with Crippen LogP contribution in [0.5, 0.6) is 0 Å². The summed E-state index contributed by atoms with van der Waals surface area (Å²) < 4.78 is 0. The molecule has 0 aromatic rings. The lowest BCUT2D eigenvalue weighted by Crippen LogP contribution is -2.19. The molecule has 0 amide bonds. The highest BCUT2D eigenvalue weighted by Crippen LogP contribution is 2.55. The van der Waals surface area contributed by atoms with Crippen molar-refractivity contribution in [3.05, 3.63) is 0 Å². The van der Waals surface area contributed by atoms with E-state index in [1.54, 1.807) is 0 Å². The summed E-state index contributed by atoms with van der Waals surface area (Å²) in [5.74, 6) is 3.25. The number of thioether (sulfide) groups is 1. The van der Waals surface area contributed by atoms with E-state index in [4.69, 9.17) is 5.73 Å². The summed E-state index contributed by atoms with van der Waals surface area (Å²) >= 11 is 2.15. The minimum absolute atomic E-state index is 0.445. The van der Waals surface area contributed by atoms with Gasteiger partial charge in [-0.3, -0.25) is 0 Å². The topological polar surface area (TPSA) is 26.0 Å². The molecule has 1 nitrogen and oxygen atoms in total. The number of hydrogen-bond donors (Lipinski definition) is 1. The normalized spacial score (nSPS) is 48.0. The second kappa shape index (κ2) is 2.42. The SMILES string of the molecule is CC(N)C1C2CCCSC21. The first-order valence-electron chi connectivity index (χ1n) is 4.18. The van der Waals surface area contributed by atoms with Gasteiger partial charge in [-0.05, 0) is 37.4 Å². The highest BCUT2D eigenvalue weighted by molar-refractivity contribution is 8.00. The van der Waals surface area contributed by atoms with E-state index < -0.39 is 0 Å². The smallest absolute Gasteiger partial charge is 0.0125 e. The van der Waals surface area contributed by atoms with Gasteiger partial charge < -0.3 is 5.73 Å². The van der Waals surface area contributed by atoms with Crippen molar-refractivity contribution >= 4 is 11.8 Å². The molecule has 0 aromatic carbocycles. The van der Waals surface area contributed by atoms with Gasteiger partial charge in [0.25, 0.3) is 0 Å². The van der Waals surface area contributed by atoms with Crippen molar-refractivity contribution < 1.29 is 0 Å². The number of nitrogens with two attached hydrogens (primary N) is 1. The molecule has 0 radical (unpaired) electrons. The van der Waals surface area contributed by atoms with Crippen molar-refractivity contribution in [2.45, 2.75) is 31.1 Å². The fraction of sp³-hybridized carbons (Fsp3) is 1.00. The molecule has 0 aromatic heterocycles. The molecule has 4 unspecified atom stereocenters. The molecule has 2 aliphatic rings. The summed E-state index contributed by atoms with van der Waals surface area (Å²) in [5, 5.41) is 0.953. The van der Waals surface area contributed by atoms with E-state index in [0.717, 1.165) is 17.1 Å². The summed E-state index contributed by atoms with van der Waals surface area (Å²) in [6.07, 6.45) is 2.87. The van der Waals surface area contributed by atoms with E-state index in [-0.39, 0.29) is 0 Å². The summed E-state index contributed by atoms with van der Waals surface area (Å²) in [7, 11) is 0. The number of hydrogen-bond acceptors (Lipinski definition) is 2.